The van der Waals surface area contributed by atoms with Gasteiger partial charge in [0, 0.05) is 17.7 Å². The van der Waals surface area contributed by atoms with Crippen LogP contribution in [0.25, 0.3) is 5.69 Å². The number of carbonyl (C=O) groups is 2. The average molecular weight is 470 g/mol. The lowest BCUT2D eigenvalue weighted by molar-refractivity contribution is -0.119. The maximum Gasteiger partial charge on any atom is 0.338 e. The number of rotatable bonds is 7. The zero-order valence-electron chi connectivity index (χ0n) is 19.0. The SMILES string of the molecule is CC(C)(C)c1cc(NC(=O)COC(=O)c2ccc(CS(C)(=O)=O)cc2)n(-c2ccccc2)n1. The Labute approximate surface area is 193 Å². The second-order valence-electron chi connectivity index (χ2n) is 8.80. The summed E-state index contributed by atoms with van der Waals surface area (Å²) in [5, 5.41) is 7.39. The van der Waals surface area contributed by atoms with E-state index in [0.717, 1.165) is 17.6 Å². The van der Waals surface area contributed by atoms with Crippen LogP contribution in [-0.2, 0) is 30.5 Å². The monoisotopic (exact) mass is 469 g/mol. The quantitative estimate of drug-likeness (QED) is 0.531. The second kappa shape index (κ2) is 9.58. The summed E-state index contributed by atoms with van der Waals surface area (Å²) in [5.74, 6) is -0.828. The average Bonchev–Trinajstić information content (AvgIpc) is 3.16. The van der Waals surface area contributed by atoms with Gasteiger partial charge in [0.1, 0.15) is 5.82 Å². The molecule has 3 rings (SSSR count). The molecule has 1 heterocycles. The van der Waals surface area contributed by atoms with E-state index in [2.05, 4.69) is 10.4 Å². The number of para-hydroxylation sites is 1. The first-order valence-electron chi connectivity index (χ1n) is 10.3. The van der Waals surface area contributed by atoms with Crippen LogP contribution in [0.4, 0.5) is 5.82 Å². The molecule has 3 aromatic rings. The van der Waals surface area contributed by atoms with Gasteiger partial charge in [-0.05, 0) is 29.8 Å². The molecule has 2 aromatic carbocycles. The van der Waals surface area contributed by atoms with E-state index in [-0.39, 0.29) is 16.7 Å². The van der Waals surface area contributed by atoms with Crippen molar-refractivity contribution >= 4 is 27.5 Å². The van der Waals surface area contributed by atoms with Crippen LogP contribution in [0.5, 0.6) is 0 Å². The highest BCUT2D eigenvalue weighted by Crippen LogP contribution is 2.26. The zero-order valence-corrected chi connectivity index (χ0v) is 19.8. The molecule has 1 aromatic heterocycles. The fourth-order valence-electron chi connectivity index (χ4n) is 3.04. The van der Waals surface area contributed by atoms with Crippen LogP contribution in [0.2, 0.25) is 0 Å². The number of anilines is 1. The van der Waals surface area contributed by atoms with Crippen molar-refractivity contribution in [3.8, 4) is 5.69 Å². The molecule has 0 saturated heterocycles. The Kier molecular flexibility index (Phi) is 7.02. The molecule has 0 unspecified atom stereocenters. The summed E-state index contributed by atoms with van der Waals surface area (Å²) in [6.45, 7) is 5.60. The third kappa shape index (κ3) is 6.76. The van der Waals surface area contributed by atoms with Gasteiger partial charge in [0.15, 0.2) is 16.4 Å². The molecule has 33 heavy (non-hydrogen) atoms. The number of ether oxygens (including phenoxy) is 1. The number of nitrogens with zero attached hydrogens (tertiary/aromatic N) is 2. The first-order chi connectivity index (χ1) is 15.4. The van der Waals surface area contributed by atoms with Crippen LogP contribution in [0.15, 0.2) is 60.7 Å². The fraction of sp³-hybridized carbons (Fsp3) is 0.292. The third-order valence-corrected chi connectivity index (χ3v) is 5.56. The van der Waals surface area contributed by atoms with Crippen LogP contribution in [0.1, 0.15) is 42.4 Å². The fourth-order valence-corrected chi connectivity index (χ4v) is 3.83. The van der Waals surface area contributed by atoms with Crippen molar-refractivity contribution in [2.45, 2.75) is 31.9 Å². The molecule has 1 amide bonds. The number of hydrogen-bond donors (Lipinski definition) is 1. The minimum absolute atomic E-state index is 0.115. The van der Waals surface area contributed by atoms with Crippen molar-refractivity contribution < 1.29 is 22.7 Å². The molecule has 0 aliphatic rings. The Morgan fingerprint density at radius 2 is 1.67 bits per heavy atom. The number of esters is 1. The molecular weight excluding hydrogens is 442 g/mol. The molecule has 174 valence electrons. The van der Waals surface area contributed by atoms with Gasteiger partial charge in [-0.1, -0.05) is 51.1 Å². The molecular formula is C24H27N3O5S. The van der Waals surface area contributed by atoms with Crippen LogP contribution in [0.3, 0.4) is 0 Å². The predicted molar refractivity (Wildman–Crippen MR) is 126 cm³/mol. The summed E-state index contributed by atoms with van der Waals surface area (Å²) in [7, 11) is -3.17. The van der Waals surface area contributed by atoms with Crippen molar-refractivity contribution in [3.63, 3.8) is 0 Å². The largest absolute Gasteiger partial charge is 0.452 e. The van der Waals surface area contributed by atoms with Gasteiger partial charge in [0.2, 0.25) is 0 Å². The lowest BCUT2D eigenvalue weighted by atomic mass is 9.92. The maximum absolute atomic E-state index is 12.5. The van der Waals surface area contributed by atoms with Gasteiger partial charge in [0.25, 0.3) is 5.91 Å². The zero-order chi connectivity index (χ0) is 24.2. The van der Waals surface area contributed by atoms with E-state index in [1.807, 2.05) is 51.1 Å². The minimum Gasteiger partial charge on any atom is -0.452 e. The van der Waals surface area contributed by atoms with Gasteiger partial charge in [-0.15, -0.1) is 0 Å². The Hall–Kier alpha value is -3.46. The number of aromatic nitrogens is 2. The first-order valence-corrected chi connectivity index (χ1v) is 12.4. The summed E-state index contributed by atoms with van der Waals surface area (Å²) in [5.41, 5.74) is 2.15. The normalized spacial score (nSPS) is 11.8. The van der Waals surface area contributed by atoms with E-state index < -0.39 is 28.3 Å². The molecule has 0 spiro atoms. The number of amides is 1. The van der Waals surface area contributed by atoms with E-state index in [0.29, 0.717) is 11.4 Å². The maximum atomic E-state index is 12.5. The van der Waals surface area contributed by atoms with Gasteiger partial charge in [-0.2, -0.15) is 5.10 Å². The van der Waals surface area contributed by atoms with E-state index in [1.54, 1.807) is 22.9 Å². The van der Waals surface area contributed by atoms with Crippen molar-refractivity contribution in [3.05, 3.63) is 77.5 Å². The molecule has 0 radical (unpaired) electrons. The molecule has 0 aliphatic heterocycles. The van der Waals surface area contributed by atoms with Crippen molar-refractivity contribution in [2.24, 2.45) is 0 Å². The van der Waals surface area contributed by atoms with Crippen molar-refractivity contribution in [2.75, 3.05) is 18.2 Å². The highest BCUT2D eigenvalue weighted by Gasteiger charge is 2.22. The molecule has 0 atom stereocenters. The van der Waals surface area contributed by atoms with E-state index in [9.17, 15) is 18.0 Å². The molecule has 8 nitrogen and oxygen atoms in total. The molecule has 0 saturated carbocycles. The van der Waals surface area contributed by atoms with Crippen LogP contribution in [-0.4, -0.2) is 42.9 Å². The Morgan fingerprint density at radius 3 is 2.24 bits per heavy atom. The number of hydrogen-bond acceptors (Lipinski definition) is 6. The topological polar surface area (TPSA) is 107 Å². The number of carbonyl (C=O) groups excluding carboxylic acids is 2. The van der Waals surface area contributed by atoms with E-state index in [4.69, 9.17) is 4.74 Å². The number of sulfone groups is 1. The van der Waals surface area contributed by atoms with Gasteiger partial charge in [-0.3, -0.25) is 4.79 Å². The smallest absolute Gasteiger partial charge is 0.338 e. The third-order valence-electron chi connectivity index (χ3n) is 4.70. The lowest BCUT2D eigenvalue weighted by Crippen LogP contribution is -2.22. The summed E-state index contributed by atoms with van der Waals surface area (Å²) >= 11 is 0. The predicted octanol–water partition coefficient (Wildman–Crippen LogP) is 3.51. The van der Waals surface area contributed by atoms with Gasteiger partial charge < -0.3 is 10.1 Å². The first kappa shape index (κ1) is 24.2. The highest BCUT2D eigenvalue weighted by molar-refractivity contribution is 7.89. The summed E-state index contributed by atoms with van der Waals surface area (Å²) in [6, 6.07) is 17.2. The molecule has 9 heteroatoms. The number of nitrogens with one attached hydrogen (secondary N) is 1. The second-order valence-corrected chi connectivity index (χ2v) is 10.9. The Balaban J connectivity index is 1.67. The molecule has 0 bridgehead atoms. The summed E-state index contributed by atoms with van der Waals surface area (Å²) < 4.78 is 29.5. The Bertz CT molecular complexity index is 1240. The van der Waals surface area contributed by atoms with E-state index in [1.165, 1.54) is 12.1 Å². The van der Waals surface area contributed by atoms with Crippen LogP contribution < -0.4 is 5.32 Å². The standard InChI is InChI=1S/C24H27N3O5S/c1-24(2,3)20-14-21(27(26-20)19-8-6-5-7-9-19)25-22(28)15-32-23(29)18-12-10-17(11-13-18)16-33(4,30)31/h5-14H,15-16H2,1-4H3,(H,25,28). The summed E-state index contributed by atoms with van der Waals surface area (Å²) in [4.78, 5) is 24.8. The molecule has 1 N–H and O–H groups in total. The molecule has 0 fully saturated rings. The van der Waals surface area contributed by atoms with E-state index >= 15 is 0 Å². The highest BCUT2D eigenvalue weighted by atomic mass is 32.2. The Morgan fingerprint density at radius 1 is 1.03 bits per heavy atom. The molecule has 0 aliphatic carbocycles. The minimum atomic E-state index is -3.17. The van der Waals surface area contributed by atoms with Crippen LogP contribution in [0, 0.1) is 0 Å². The van der Waals surface area contributed by atoms with Crippen molar-refractivity contribution in [1.29, 1.82) is 0 Å². The van der Waals surface area contributed by atoms with Crippen molar-refractivity contribution in [1.82, 2.24) is 9.78 Å². The van der Waals surface area contributed by atoms with Gasteiger partial charge in [-0.25, -0.2) is 17.9 Å². The summed E-state index contributed by atoms with van der Waals surface area (Å²) in [6.07, 6.45) is 1.14. The number of benzene rings is 2. The lowest BCUT2D eigenvalue weighted by Gasteiger charge is -2.14. The van der Waals surface area contributed by atoms with Crippen LogP contribution >= 0.6 is 0 Å². The van der Waals surface area contributed by atoms with Gasteiger partial charge in [0.05, 0.1) is 22.7 Å². The van der Waals surface area contributed by atoms with Gasteiger partial charge >= 0.3 is 5.97 Å².